The lowest BCUT2D eigenvalue weighted by molar-refractivity contribution is -0.136. The molecular formula is C18H19N3O6. The Kier molecular flexibility index (Phi) is 4.40. The number of ether oxygens (including phenoxy) is 1. The standard InChI is InChI=1S/C18H19N3O6/c22-15-4-3-14(16(23)19-15)21-17(24)12-2-1-11(9-13(12)18(21)25)27-10-5-7-20(26)8-6-10/h1-2,9-10,14,26H,3-8H2,(H,19,22,23). The number of nitrogens with zero attached hydrogens (tertiary/aromatic N) is 2. The normalized spacial score (nSPS) is 24.2. The summed E-state index contributed by atoms with van der Waals surface area (Å²) < 4.78 is 5.88. The van der Waals surface area contributed by atoms with E-state index in [2.05, 4.69) is 5.32 Å². The van der Waals surface area contributed by atoms with Gasteiger partial charge in [-0.1, -0.05) is 0 Å². The Morgan fingerprint density at radius 2 is 1.70 bits per heavy atom. The highest BCUT2D eigenvalue weighted by atomic mass is 16.5. The maximum atomic E-state index is 12.8. The lowest BCUT2D eigenvalue weighted by atomic mass is 10.0. The first-order valence-electron chi connectivity index (χ1n) is 8.90. The molecule has 3 heterocycles. The van der Waals surface area contributed by atoms with Gasteiger partial charge in [0.05, 0.1) is 11.1 Å². The van der Waals surface area contributed by atoms with Gasteiger partial charge in [0.2, 0.25) is 11.8 Å². The molecule has 4 rings (SSSR count). The molecule has 2 saturated heterocycles. The second-order valence-electron chi connectivity index (χ2n) is 6.93. The molecule has 0 saturated carbocycles. The Morgan fingerprint density at radius 1 is 1.00 bits per heavy atom. The van der Waals surface area contributed by atoms with Crippen LogP contribution in [0.25, 0.3) is 0 Å². The molecule has 3 aliphatic heterocycles. The number of amides is 4. The first-order valence-corrected chi connectivity index (χ1v) is 8.90. The second kappa shape index (κ2) is 6.75. The highest BCUT2D eigenvalue weighted by Crippen LogP contribution is 2.31. The minimum absolute atomic E-state index is 0.0788. The molecule has 142 valence electrons. The molecule has 0 spiro atoms. The van der Waals surface area contributed by atoms with E-state index in [0.29, 0.717) is 31.7 Å². The van der Waals surface area contributed by atoms with Crippen molar-refractivity contribution in [3.8, 4) is 5.75 Å². The molecule has 1 aromatic carbocycles. The lowest BCUT2D eigenvalue weighted by Crippen LogP contribution is -2.54. The van der Waals surface area contributed by atoms with Gasteiger partial charge in [0.1, 0.15) is 17.9 Å². The summed E-state index contributed by atoms with van der Waals surface area (Å²) in [5.41, 5.74) is 0.420. The van der Waals surface area contributed by atoms with Crippen LogP contribution >= 0.6 is 0 Å². The molecule has 27 heavy (non-hydrogen) atoms. The van der Waals surface area contributed by atoms with Crippen molar-refractivity contribution >= 4 is 23.6 Å². The monoisotopic (exact) mass is 373 g/mol. The molecule has 1 unspecified atom stereocenters. The quantitative estimate of drug-likeness (QED) is 0.733. The largest absolute Gasteiger partial charge is 0.490 e. The van der Waals surface area contributed by atoms with Crippen LogP contribution in [0.4, 0.5) is 0 Å². The van der Waals surface area contributed by atoms with Crippen molar-refractivity contribution < 1.29 is 29.1 Å². The smallest absolute Gasteiger partial charge is 0.262 e. The first kappa shape index (κ1) is 17.6. The van der Waals surface area contributed by atoms with Crippen LogP contribution in [-0.2, 0) is 9.59 Å². The van der Waals surface area contributed by atoms with Gasteiger partial charge in [-0.3, -0.25) is 29.4 Å². The Labute approximate surface area is 154 Å². The zero-order valence-electron chi connectivity index (χ0n) is 14.5. The average molecular weight is 373 g/mol. The van der Waals surface area contributed by atoms with Crippen molar-refractivity contribution in [3.05, 3.63) is 29.3 Å². The summed E-state index contributed by atoms with van der Waals surface area (Å²) in [6.07, 6.45) is 1.44. The number of benzene rings is 1. The number of carbonyl (C=O) groups is 4. The fraction of sp³-hybridized carbons (Fsp3) is 0.444. The van der Waals surface area contributed by atoms with E-state index in [1.54, 1.807) is 6.07 Å². The third-order valence-electron chi connectivity index (χ3n) is 5.13. The molecule has 0 aliphatic carbocycles. The maximum absolute atomic E-state index is 12.8. The van der Waals surface area contributed by atoms with Gasteiger partial charge in [-0.25, -0.2) is 0 Å². The maximum Gasteiger partial charge on any atom is 0.262 e. The molecule has 1 atom stereocenters. The summed E-state index contributed by atoms with van der Waals surface area (Å²) in [5, 5.41) is 12.8. The number of hydrogen-bond donors (Lipinski definition) is 2. The van der Waals surface area contributed by atoms with Crippen molar-refractivity contribution in [2.75, 3.05) is 13.1 Å². The van der Waals surface area contributed by atoms with Gasteiger partial charge < -0.3 is 9.94 Å². The van der Waals surface area contributed by atoms with Gasteiger partial charge in [-0.05, 0) is 37.5 Å². The van der Waals surface area contributed by atoms with Crippen LogP contribution in [0.5, 0.6) is 5.75 Å². The van der Waals surface area contributed by atoms with Crippen LogP contribution in [0.2, 0.25) is 0 Å². The SMILES string of the molecule is O=C1CCC(N2C(=O)c3ccc(OC4CCN(O)CC4)cc3C2=O)C(=O)N1. The molecule has 0 aromatic heterocycles. The highest BCUT2D eigenvalue weighted by Gasteiger charge is 2.44. The van der Waals surface area contributed by atoms with Crippen molar-refractivity contribution in [1.29, 1.82) is 0 Å². The Morgan fingerprint density at radius 3 is 2.41 bits per heavy atom. The summed E-state index contributed by atoms with van der Waals surface area (Å²) in [5.74, 6) is -1.66. The first-order chi connectivity index (χ1) is 12.9. The van der Waals surface area contributed by atoms with Gasteiger partial charge in [0.25, 0.3) is 11.8 Å². The van der Waals surface area contributed by atoms with Gasteiger partial charge in [-0.15, -0.1) is 0 Å². The summed E-state index contributed by atoms with van der Waals surface area (Å²) in [6, 6.07) is 3.70. The fourth-order valence-electron chi connectivity index (χ4n) is 3.68. The van der Waals surface area contributed by atoms with Gasteiger partial charge in [-0.2, -0.15) is 5.06 Å². The Bertz CT molecular complexity index is 830. The van der Waals surface area contributed by atoms with E-state index in [1.807, 2.05) is 0 Å². The number of piperidine rings is 2. The van der Waals surface area contributed by atoms with Crippen LogP contribution in [0.15, 0.2) is 18.2 Å². The second-order valence-corrected chi connectivity index (χ2v) is 6.93. The number of hydrogen-bond acceptors (Lipinski definition) is 7. The van der Waals surface area contributed by atoms with E-state index < -0.39 is 29.7 Å². The van der Waals surface area contributed by atoms with Crippen LogP contribution in [0.1, 0.15) is 46.4 Å². The molecule has 0 bridgehead atoms. The molecule has 9 nitrogen and oxygen atoms in total. The van der Waals surface area contributed by atoms with Gasteiger partial charge in [0.15, 0.2) is 0 Å². The zero-order valence-corrected chi connectivity index (χ0v) is 14.5. The lowest BCUT2D eigenvalue weighted by Gasteiger charge is -2.28. The summed E-state index contributed by atoms with van der Waals surface area (Å²) in [7, 11) is 0. The topological polar surface area (TPSA) is 116 Å². The minimum atomic E-state index is -0.978. The summed E-state index contributed by atoms with van der Waals surface area (Å²) >= 11 is 0. The fourth-order valence-corrected chi connectivity index (χ4v) is 3.68. The zero-order chi connectivity index (χ0) is 19.1. The highest BCUT2D eigenvalue weighted by molar-refractivity contribution is 6.23. The molecule has 3 aliphatic rings. The van der Waals surface area contributed by atoms with E-state index in [0.717, 1.165) is 4.90 Å². The van der Waals surface area contributed by atoms with Crippen LogP contribution < -0.4 is 10.1 Å². The van der Waals surface area contributed by atoms with E-state index in [9.17, 15) is 24.4 Å². The van der Waals surface area contributed by atoms with Crippen molar-refractivity contribution in [2.45, 2.75) is 37.8 Å². The third kappa shape index (κ3) is 3.19. The van der Waals surface area contributed by atoms with Crippen molar-refractivity contribution in [1.82, 2.24) is 15.3 Å². The minimum Gasteiger partial charge on any atom is -0.490 e. The summed E-state index contributed by atoms with van der Waals surface area (Å²) in [6.45, 7) is 1.02. The van der Waals surface area contributed by atoms with Crippen molar-refractivity contribution in [3.63, 3.8) is 0 Å². The van der Waals surface area contributed by atoms with Crippen LogP contribution in [-0.4, -0.2) is 64.0 Å². The van der Waals surface area contributed by atoms with Gasteiger partial charge in [0, 0.05) is 19.5 Å². The third-order valence-corrected chi connectivity index (χ3v) is 5.13. The Balaban J connectivity index is 1.53. The number of fused-ring (bicyclic) bond motifs is 1. The molecule has 2 N–H and O–H groups in total. The predicted molar refractivity (Wildman–Crippen MR) is 90.1 cm³/mol. The molecule has 0 radical (unpaired) electrons. The number of carbonyl (C=O) groups excluding carboxylic acids is 4. The molecule has 2 fully saturated rings. The van der Waals surface area contributed by atoms with Crippen LogP contribution in [0.3, 0.4) is 0 Å². The molecule has 9 heteroatoms. The Hall–Kier alpha value is -2.78. The van der Waals surface area contributed by atoms with Gasteiger partial charge >= 0.3 is 0 Å². The number of rotatable bonds is 3. The van der Waals surface area contributed by atoms with E-state index in [1.165, 1.54) is 17.2 Å². The van der Waals surface area contributed by atoms with E-state index in [-0.39, 0.29) is 30.1 Å². The molecule has 4 amide bonds. The molecule has 1 aromatic rings. The van der Waals surface area contributed by atoms with Crippen molar-refractivity contribution in [2.24, 2.45) is 0 Å². The van der Waals surface area contributed by atoms with E-state index in [4.69, 9.17) is 4.74 Å². The number of nitrogens with one attached hydrogen (secondary N) is 1. The van der Waals surface area contributed by atoms with Crippen LogP contribution in [0, 0.1) is 0 Å². The summed E-state index contributed by atoms with van der Waals surface area (Å²) in [4.78, 5) is 49.7. The number of hydroxylamine groups is 2. The average Bonchev–Trinajstić information content (AvgIpc) is 2.88. The molecular weight excluding hydrogens is 354 g/mol. The van der Waals surface area contributed by atoms with E-state index >= 15 is 0 Å². The number of imide groups is 2. The predicted octanol–water partition coefficient (Wildman–Crippen LogP) is 0.320.